The third kappa shape index (κ3) is 67.7. The number of allylic oxidation sites excluding steroid dienone is 26. The van der Waals surface area contributed by atoms with Crippen molar-refractivity contribution in [2.75, 3.05) is 13.2 Å². The summed E-state index contributed by atoms with van der Waals surface area (Å²) in [5.41, 5.74) is 0. The van der Waals surface area contributed by atoms with E-state index in [1.165, 1.54) is 77.0 Å². The molecular weight excluding hydrogens is 1020 g/mol. The zero-order chi connectivity index (χ0) is 59.9. The number of carbonyl (C=O) groups is 3. The SMILES string of the molecule is CC/C=C\C/C=C\C/C=C\C/C=C\C/C=C\CCCCCCCCCCCC(=O)OCC(COC(=O)CCCCCCCC/C=C\C/C=C\C/C=C\CCCCC)OC(=O)CCCCCCC/C=C\C/C=C\C/C=C\C/C=C\C/C=C\CC. The van der Waals surface area contributed by atoms with Gasteiger partial charge in [0, 0.05) is 19.3 Å². The Labute approximate surface area is 511 Å². The molecule has 0 aromatic rings. The standard InChI is InChI=1S/C77H124O6/c1-4-7-10-13-16-19-22-25-28-31-34-36-37-38-39-41-43-46-49-52-55-58-61-64-67-70-76(79)82-73-74(72-81-75(78)69-66-63-60-57-54-51-48-45-42-33-30-27-24-21-18-15-12-9-6-3)83-77(80)71-68-65-62-59-56-53-50-47-44-40-35-32-29-26-23-20-17-14-11-8-5-2/h7-8,10-11,16-21,25-30,34-36,38-40,42,45,47,50,74H,4-6,9,12-15,22-24,31-33,37,41,43-44,46,48-49,51-73H2,1-3H3/b10-7-,11-8-,19-16-,20-17-,21-18-,28-25-,29-26-,30-27-,36-34-,39-38-,40-35-,45-42-,50-47-. The van der Waals surface area contributed by atoms with Gasteiger partial charge >= 0.3 is 17.9 Å². The highest BCUT2D eigenvalue weighted by atomic mass is 16.6. The van der Waals surface area contributed by atoms with E-state index in [1.807, 2.05) is 0 Å². The first-order valence-electron chi connectivity index (χ1n) is 34.0. The van der Waals surface area contributed by atoms with Crippen LogP contribution in [0.4, 0.5) is 0 Å². The van der Waals surface area contributed by atoms with Crippen molar-refractivity contribution in [3.8, 4) is 0 Å². The van der Waals surface area contributed by atoms with E-state index in [0.29, 0.717) is 19.3 Å². The molecule has 0 aromatic heterocycles. The Bertz CT molecular complexity index is 1840. The van der Waals surface area contributed by atoms with Gasteiger partial charge in [-0.3, -0.25) is 14.4 Å². The molecule has 0 aromatic carbocycles. The Balaban J connectivity index is 4.48. The van der Waals surface area contributed by atoms with Crippen molar-refractivity contribution in [1.29, 1.82) is 0 Å². The Morgan fingerprint density at radius 1 is 0.253 bits per heavy atom. The zero-order valence-electron chi connectivity index (χ0n) is 53.7. The van der Waals surface area contributed by atoms with Gasteiger partial charge < -0.3 is 14.2 Å². The van der Waals surface area contributed by atoms with Crippen LogP contribution in [-0.4, -0.2) is 37.2 Å². The van der Waals surface area contributed by atoms with E-state index in [1.54, 1.807) is 0 Å². The molecule has 0 spiro atoms. The maximum Gasteiger partial charge on any atom is 0.306 e. The number of unbranched alkanes of at least 4 members (excludes halogenated alkanes) is 23. The Hall–Kier alpha value is -4.97. The van der Waals surface area contributed by atoms with Gasteiger partial charge in [-0.1, -0.05) is 281 Å². The van der Waals surface area contributed by atoms with Crippen LogP contribution >= 0.6 is 0 Å². The van der Waals surface area contributed by atoms with E-state index in [-0.39, 0.29) is 31.1 Å². The predicted octanol–water partition coefficient (Wildman–Crippen LogP) is 23.7. The predicted molar refractivity (Wildman–Crippen MR) is 362 cm³/mol. The number of esters is 3. The molecule has 6 nitrogen and oxygen atoms in total. The third-order valence-corrected chi connectivity index (χ3v) is 14.0. The first kappa shape index (κ1) is 78.0. The summed E-state index contributed by atoms with van der Waals surface area (Å²) in [6.07, 6.45) is 101. The van der Waals surface area contributed by atoms with Gasteiger partial charge in [0.1, 0.15) is 13.2 Å². The molecule has 0 saturated heterocycles. The van der Waals surface area contributed by atoms with Crippen molar-refractivity contribution in [1.82, 2.24) is 0 Å². The van der Waals surface area contributed by atoms with Gasteiger partial charge in [0.25, 0.3) is 0 Å². The molecule has 0 fully saturated rings. The first-order valence-corrected chi connectivity index (χ1v) is 34.0. The van der Waals surface area contributed by atoms with Crippen LogP contribution in [0.25, 0.3) is 0 Å². The fourth-order valence-corrected chi connectivity index (χ4v) is 8.97. The van der Waals surface area contributed by atoms with Gasteiger partial charge in [0.15, 0.2) is 6.10 Å². The highest BCUT2D eigenvalue weighted by molar-refractivity contribution is 5.71. The van der Waals surface area contributed by atoms with Gasteiger partial charge in [-0.2, -0.15) is 0 Å². The monoisotopic (exact) mass is 1140 g/mol. The quantitative estimate of drug-likeness (QED) is 0.0261. The van der Waals surface area contributed by atoms with Crippen LogP contribution in [0.3, 0.4) is 0 Å². The largest absolute Gasteiger partial charge is 0.462 e. The Kier molecular flexibility index (Phi) is 65.4. The molecule has 1 atom stereocenters. The number of ether oxygens (including phenoxy) is 3. The number of rotatable bonds is 60. The number of hydrogen-bond acceptors (Lipinski definition) is 6. The molecule has 0 aliphatic rings. The Morgan fingerprint density at radius 2 is 0.470 bits per heavy atom. The second-order valence-electron chi connectivity index (χ2n) is 22.0. The second kappa shape index (κ2) is 69.5. The maximum atomic E-state index is 13.0. The van der Waals surface area contributed by atoms with Crippen molar-refractivity contribution >= 4 is 17.9 Å². The van der Waals surface area contributed by atoms with E-state index in [2.05, 4.69) is 179 Å². The normalized spacial score (nSPS) is 13.1. The van der Waals surface area contributed by atoms with E-state index in [0.717, 1.165) is 173 Å². The first-order chi connectivity index (χ1) is 41.0. The lowest BCUT2D eigenvalue weighted by Gasteiger charge is -2.18. The highest BCUT2D eigenvalue weighted by Gasteiger charge is 2.19. The summed E-state index contributed by atoms with van der Waals surface area (Å²) in [7, 11) is 0. The minimum absolute atomic E-state index is 0.0997. The number of carbonyl (C=O) groups excluding carboxylic acids is 3. The lowest BCUT2D eigenvalue weighted by atomic mass is 10.1. The molecule has 83 heavy (non-hydrogen) atoms. The van der Waals surface area contributed by atoms with Crippen LogP contribution in [0.5, 0.6) is 0 Å². The van der Waals surface area contributed by atoms with Crippen LogP contribution in [-0.2, 0) is 28.6 Å². The average Bonchev–Trinajstić information content (AvgIpc) is 3.50. The zero-order valence-corrected chi connectivity index (χ0v) is 53.7. The lowest BCUT2D eigenvalue weighted by Crippen LogP contribution is -2.30. The molecule has 0 rings (SSSR count). The van der Waals surface area contributed by atoms with Crippen LogP contribution < -0.4 is 0 Å². The van der Waals surface area contributed by atoms with Crippen molar-refractivity contribution in [2.45, 2.75) is 297 Å². The molecule has 0 radical (unpaired) electrons. The van der Waals surface area contributed by atoms with Gasteiger partial charge in [0.2, 0.25) is 0 Å². The minimum Gasteiger partial charge on any atom is -0.462 e. The van der Waals surface area contributed by atoms with Crippen molar-refractivity contribution in [2.24, 2.45) is 0 Å². The summed E-state index contributed by atoms with van der Waals surface area (Å²) in [6, 6.07) is 0. The molecule has 0 heterocycles. The minimum atomic E-state index is -0.807. The molecule has 6 heteroatoms. The summed E-state index contributed by atoms with van der Waals surface area (Å²) >= 11 is 0. The molecule has 0 aliphatic carbocycles. The topological polar surface area (TPSA) is 78.9 Å². The van der Waals surface area contributed by atoms with Crippen LogP contribution in [0.2, 0.25) is 0 Å². The van der Waals surface area contributed by atoms with E-state index in [9.17, 15) is 14.4 Å². The maximum absolute atomic E-state index is 13.0. The van der Waals surface area contributed by atoms with Crippen LogP contribution in [0, 0.1) is 0 Å². The van der Waals surface area contributed by atoms with Crippen LogP contribution in [0.15, 0.2) is 158 Å². The third-order valence-electron chi connectivity index (χ3n) is 14.0. The van der Waals surface area contributed by atoms with Crippen molar-refractivity contribution in [3.63, 3.8) is 0 Å². The molecule has 0 saturated carbocycles. The smallest absolute Gasteiger partial charge is 0.306 e. The fourth-order valence-electron chi connectivity index (χ4n) is 8.97. The van der Waals surface area contributed by atoms with E-state index >= 15 is 0 Å². The number of hydrogen-bond donors (Lipinski definition) is 0. The second-order valence-corrected chi connectivity index (χ2v) is 22.0. The molecule has 0 amide bonds. The van der Waals surface area contributed by atoms with Crippen LogP contribution in [0.1, 0.15) is 290 Å². The summed E-state index contributed by atoms with van der Waals surface area (Å²) < 4.78 is 17.0. The lowest BCUT2D eigenvalue weighted by molar-refractivity contribution is -0.167. The highest BCUT2D eigenvalue weighted by Crippen LogP contribution is 2.15. The van der Waals surface area contributed by atoms with Crippen molar-refractivity contribution in [3.05, 3.63) is 158 Å². The van der Waals surface area contributed by atoms with Gasteiger partial charge in [-0.25, -0.2) is 0 Å². The summed E-state index contributed by atoms with van der Waals surface area (Å²) in [6.45, 7) is 6.36. The average molecular weight is 1150 g/mol. The van der Waals surface area contributed by atoms with Gasteiger partial charge in [0.05, 0.1) is 0 Å². The van der Waals surface area contributed by atoms with Gasteiger partial charge in [-0.15, -0.1) is 0 Å². The Morgan fingerprint density at radius 3 is 0.735 bits per heavy atom. The summed E-state index contributed by atoms with van der Waals surface area (Å²) in [5, 5.41) is 0. The molecule has 468 valence electrons. The molecular formula is C77H124O6. The fraction of sp³-hybridized carbons (Fsp3) is 0.623. The van der Waals surface area contributed by atoms with E-state index in [4.69, 9.17) is 14.2 Å². The van der Waals surface area contributed by atoms with Crippen molar-refractivity contribution < 1.29 is 28.6 Å². The summed E-state index contributed by atoms with van der Waals surface area (Å²) in [5.74, 6) is -0.935. The summed E-state index contributed by atoms with van der Waals surface area (Å²) in [4.78, 5) is 38.5. The molecule has 0 N–H and O–H groups in total. The van der Waals surface area contributed by atoms with E-state index < -0.39 is 6.10 Å². The molecule has 0 bridgehead atoms. The van der Waals surface area contributed by atoms with Gasteiger partial charge in [-0.05, 0) is 148 Å². The molecule has 1 unspecified atom stereocenters. The molecule has 0 aliphatic heterocycles.